The van der Waals surface area contributed by atoms with Crippen molar-refractivity contribution in [1.29, 1.82) is 5.26 Å². The van der Waals surface area contributed by atoms with E-state index < -0.39 is 0 Å². The number of nitrogens with one attached hydrogen (secondary N) is 1. The number of nitrogens with zero attached hydrogens (tertiary/aromatic N) is 3. The second kappa shape index (κ2) is 5.88. The number of benzene rings is 1. The first-order valence-corrected chi connectivity index (χ1v) is 10.1. The van der Waals surface area contributed by atoms with Gasteiger partial charge in [-0.05, 0) is 80.5 Å². The highest BCUT2D eigenvalue weighted by atomic mass is 32.1. The molecule has 0 spiro atoms. The molecule has 1 aromatic carbocycles. The van der Waals surface area contributed by atoms with Gasteiger partial charge >= 0.3 is 0 Å². The van der Waals surface area contributed by atoms with Gasteiger partial charge in [-0.2, -0.15) is 5.26 Å². The van der Waals surface area contributed by atoms with E-state index >= 15 is 0 Å². The van der Waals surface area contributed by atoms with Crippen LogP contribution in [0.25, 0.3) is 0 Å². The Hall–Kier alpha value is -2.26. The quantitative estimate of drug-likeness (QED) is 0.888. The summed E-state index contributed by atoms with van der Waals surface area (Å²) in [6.07, 6.45) is 7.95. The fourth-order valence-electron chi connectivity index (χ4n) is 5.73. The highest BCUT2D eigenvalue weighted by Gasteiger charge is 2.53. The van der Waals surface area contributed by atoms with E-state index in [1.165, 1.54) is 38.5 Å². The molecular weight excluding hydrogens is 344 g/mol. The topological polar surface area (TPSA) is 78.7 Å². The van der Waals surface area contributed by atoms with Gasteiger partial charge in [-0.1, -0.05) is 11.3 Å². The second-order valence-corrected chi connectivity index (χ2v) is 9.23. The van der Waals surface area contributed by atoms with E-state index in [4.69, 9.17) is 5.26 Å². The van der Waals surface area contributed by atoms with Crippen molar-refractivity contribution in [2.75, 3.05) is 5.32 Å². The van der Waals surface area contributed by atoms with Crippen LogP contribution in [0.5, 0.6) is 0 Å². The summed E-state index contributed by atoms with van der Waals surface area (Å²) < 4.78 is 0. The Labute approximate surface area is 156 Å². The van der Waals surface area contributed by atoms with E-state index in [1.807, 2.05) is 0 Å². The first-order chi connectivity index (χ1) is 12.6. The highest BCUT2D eigenvalue weighted by molar-refractivity contribution is 7.15. The van der Waals surface area contributed by atoms with Crippen molar-refractivity contribution in [2.24, 2.45) is 17.8 Å². The average Bonchev–Trinajstić information content (AvgIpc) is 3.10. The fourth-order valence-corrected chi connectivity index (χ4v) is 6.68. The smallest absolute Gasteiger partial charge is 0.257 e. The van der Waals surface area contributed by atoms with Crippen LogP contribution in [0.3, 0.4) is 0 Å². The van der Waals surface area contributed by atoms with Crippen molar-refractivity contribution in [3.05, 3.63) is 40.4 Å². The molecule has 6 heteroatoms. The van der Waals surface area contributed by atoms with Crippen LogP contribution in [-0.4, -0.2) is 16.1 Å². The fraction of sp³-hybridized carbons (Fsp3) is 0.500. The number of amides is 1. The molecule has 5 nitrogen and oxygen atoms in total. The van der Waals surface area contributed by atoms with Crippen molar-refractivity contribution in [3.63, 3.8) is 0 Å². The Morgan fingerprint density at radius 2 is 1.69 bits per heavy atom. The van der Waals surface area contributed by atoms with Gasteiger partial charge in [-0.25, -0.2) is 0 Å². The second-order valence-electron chi connectivity index (χ2n) is 8.25. The van der Waals surface area contributed by atoms with Gasteiger partial charge in [0.25, 0.3) is 5.91 Å². The third-order valence-corrected chi connectivity index (χ3v) is 7.50. The number of carbonyl (C=O) groups excluding carboxylic acids is 1. The van der Waals surface area contributed by atoms with Gasteiger partial charge in [0, 0.05) is 11.0 Å². The maximum atomic E-state index is 12.4. The molecule has 2 aromatic rings. The Balaban J connectivity index is 1.34. The molecule has 4 aliphatic carbocycles. The van der Waals surface area contributed by atoms with Crippen LogP contribution in [0.15, 0.2) is 24.3 Å². The Morgan fingerprint density at radius 3 is 2.27 bits per heavy atom. The Kier molecular flexibility index (Phi) is 3.61. The standard InChI is InChI=1S/C20H20N4OS/c21-11-12-1-3-16(4-2-12)17(25)22-19-24-23-18(26-19)20-8-13-5-14(9-20)7-15(6-13)10-20/h1-4,13-15H,5-10H2,(H,22,24,25). The minimum absolute atomic E-state index is 0.206. The van der Waals surface area contributed by atoms with Gasteiger partial charge in [0.2, 0.25) is 5.13 Å². The van der Waals surface area contributed by atoms with Gasteiger partial charge in [0.05, 0.1) is 11.6 Å². The maximum absolute atomic E-state index is 12.4. The number of rotatable bonds is 3. The first-order valence-electron chi connectivity index (χ1n) is 9.29. The van der Waals surface area contributed by atoms with Crippen LogP contribution in [0, 0.1) is 29.1 Å². The number of hydrogen-bond donors (Lipinski definition) is 1. The summed E-state index contributed by atoms with van der Waals surface area (Å²) in [7, 11) is 0. The molecule has 1 N–H and O–H groups in total. The van der Waals surface area contributed by atoms with Crippen molar-refractivity contribution in [1.82, 2.24) is 10.2 Å². The molecule has 4 aliphatic rings. The van der Waals surface area contributed by atoms with Crippen LogP contribution >= 0.6 is 11.3 Å². The summed E-state index contributed by atoms with van der Waals surface area (Å²) in [6.45, 7) is 0. The number of nitriles is 1. The molecule has 0 unspecified atom stereocenters. The third-order valence-electron chi connectivity index (χ3n) is 6.41. The number of anilines is 1. The Bertz CT molecular complexity index is 860. The summed E-state index contributed by atoms with van der Waals surface area (Å²) in [4.78, 5) is 12.4. The molecule has 0 aliphatic heterocycles. The molecule has 0 atom stereocenters. The predicted octanol–water partition coefficient (Wildman–Crippen LogP) is 4.13. The molecule has 26 heavy (non-hydrogen) atoms. The lowest BCUT2D eigenvalue weighted by atomic mass is 9.50. The number of hydrogen-bond acceptors (Lipinski definition) is 5. The summed E-state index contributed by atoms with van der Waals surface area (Å²) in [5.74, 6) is 2.38. The molecular formula is C20H20N4OS. The Morgan fingerprint density at radius 1 is 1.08 bits per heavy atom. The lowest BCUT2D eigenvalue weighted by molar-refractivity contribution is -0.00555. The zero-order chi connectivity index (χ0) is 17.7. The van der Waals surface area contributed by atoms with E-state index in [0.717, 1.165) is 22.8 Å². The molecule has 1 amide bonds. The van der Waals surface area contributed by atoms with E-state index in [-0.39, 0.29) is 11.3 Å². The lowest BCUT2D eigenvalue weighted by Gasteiger charge is -2.55. The highest BCUT2D eigenvalue weighted by Crippen LogP contribution is 2.61. The molecule has 0 radical (unpaired) electrons. The van der Waals surface area contributed by atoms with Crippen molar-refractivity contribution in [3.8, 4) is 6.07 Å². The summed E-state index contributed by atoms with van der Waals surface area (Å²) in [6, 6.07) is 8.68. The van der Waals surface area contributed by atoms with Gasteiger partial charge in [0.1, 0.15) is 5.01 Å². The minimum Gasteiger partial charge on any atom is -0.296 e. The van der Waals surface area contributed by atoms with E-state index in [0.29, 0.717) is 16.3 Å². The molecule has 6 rings (SSSR count). The lowest BCUT2D eigenvalue weighted by Crippen LogP contribution is -2.48. The van der Waals surface area contributed by atoms with Crippen LogP contribution < -0.4 is 5.32 Å². The van der Waals surface area contributed by atoms with Crippen molar-refractivity contribution in [2.45, 2.75) is 43.9 Å². The van der Waals surface area contributed by atoms with E-state index in [2.05, 4.69) is 21.6 Å². The number of aromatic nitrogens is 2. The van der Waals surface area contributed by atoms with Crippen LogP contribution in [0.1, 0.15) is 59.5 Å². The third kappa shape index (κ3) is 2.62. The number of carbonyl (C=O) groups is 1. The van der Waals surface area contributed by atoms with Crippen LogP contribution in [-0.2, 0) is 5.41 Å². The molecule has 1 heterocycles. The summed E-state index contributed by atoms with van der Waals surface area (Å²) >= 11 is 1.55. The monoisotopic (exact) mass is 364 g/mol. The van der Waals surface area contributed by atoms with Crippen molar-refractivity contribution >= 4 is 22.4 Å². The van der Waals surface area contributed by atoms with Crippen molar-refractivity contribution < 1.29 is 4.79 Å². The summed E-state index contributed by atoms with van der Waals surface area (Å²) in [5.41, 5.74) is 1.28. The summed E-state index contributed by atoms with van der Waals surface area (Å²) in [5, 5.41) is 22.2. The van der Waals surface area contributed by atoms with Crippen LogP contribution in [0.2, 0.25) is 0 Å². The van der Waals surface area contributed by atoms with Gasteiger partial charge < -0.3 is 0 Å². The van der Waals surface area contributed by atoms with E-state index in [1.54, 1.807) is 35.6 Å². The van der Waals surface area contributed by atoms with Gasteiger partial charge in [-0.15, -0.1) is 10.2 Å². The molecule has 132 valence electrons. The van der Waals surface area contributed by atoms with Gasteiger partial charge in [-0.3, -0.25) is 10.1 Å². The average molecular weight is 364 g/mol. The molecule has 1 aromatic heterocycles. The minimum atomic E-state index is -0.206. The first kappa shape index (κ1) is 16.0. The van der Waals surface area contributed by atoms with Crippen LogP contribution in [0.4, 0.5) is 5.13 Å². The van der Waals surface area contributed by atoms with Gasteiger partial charge in [0.15, 0.2) is 0 Å². The largest absolute Gasteiger partial charge is 0.296 e. The molecule has 0 saturated heterocycles. The molecule has 4 bridgehead atoms. The van der Waals surface area contributed by atoms with E-state index in [9.17, 15) is 4.79 Å². The SMILES string of the molecule is N#Cc1ccc(C(=O)Nc2nnc(C34CC5CC(CC(C5)C3)C4)s2)cc1. The zero-order valence-electron chi connectivity index (χ0n) is 14.4. The normalized spacial score (nSPS) is 31.6. The molecule has 4 saturated carbocycles. The molecule has 4 fully saturated rings. The zero-order valence-corrected chi connectivity index (χ0v) is 15.3. The maximum Gasteiger partial charge on any atom is 0.257 e. The predicted molar refractivity (Wildman–Crippen MR) is 98.9 cm³/mol.